The first kappa shape index (κ1) is 17.7. The molecule has 1 aliphatic heterocycles. The Morgan fingerprint density at radius 3 is 2.64 bits per heavy atom. The lowest BCUT2D eigenvalue weighted by Crippen LogP contribution is -2.47. The van der Waals surface area contributed by atoms with Crippen molar-refractivity contribution in [1.29, 1.82) is 0 Å². The molecule has 3 rings (SSSR count). The van der Waals surface area contributed by atoms with Gasteiger partial charge in [0.1, 0.15) is 11.3 Å². The first-order chi connectivity index (χ1) is 12.1. The number of piperidine rings is 1. The predicted octanol–water partition coefficient (Wildman–Crippen LogP) is 3.02. The van der Waals surface area contributed by atoms with Crippen molar-refractivity contribution in [3.05, 3.63) is 46.3 Å². The number of nitrogens with zero attached hydrogens (tertiary/aromatic N) is 2. The minimum atomic E-state index is 0.0115. The van der Waals surface area contributed by atoms with Crippen LogP contribution in [0.15, 0.2) is 39.5 Å². The van der Waals surface area contributed by atoms with E-state index < -0.39 is 0 Å². The molecule has 25 heavy (non-hydrogen) atoms. The molecule has 0 bridgehead atoms. The smallest absolute Gasteiger partial charge is 0.222 e. The van der Waals surface area contributed by atoms with Gasteiger partial charge in [-0.15, -0.1) is 0 Å². The van der Waals surface area contributed by atoms with Crippen LogP contribution in [0.5, 0.6) is 0 Å². The van der Waals surface area contributed by atoms with Crippen molar-refractivity contribution in [2.45, 2.75) is 45.7 Å². The highest BCUT2D eigenvalue weighted by atomic mass is 16.3. The fraction of sp³-hybridized carbons (Fsp3) is 0.500. The largest absolute Gasteiger partial charge is 0.459 e. The van der Waals surface area contributed by atoms with Crippen molar-refractivity contribution in [3.63, 3.8) is 0 Å². The Morgan fingerprint density at radius 1 is 1.24 bits per heavy atom. The number of carbonyl (C=O) groups is 1. The van der Waals surface area contributed by atoms with Crippen molar-refractivity contribution in [2.75, 3.05) is 19.6 Å². The Labute approximate surface area is 148 Å². The van der Waals surface area contributed by atoms with Crippen LogP contribution in [0.3, 0.4) is 0 Å². The van der Waals surface area contributed by atoms with E-state index in [0.717, 1.165) is 32.5 Å². The van der Waals surface area contributed by atoms with Gasteiger partial charge in [-0.3, -0.25) is 14.5 Å². The molecule has 0 unspecified atom stereocenters. The number of rotatable bonds is 5. The van der Waals surface area contributed by atoms with E-state index >= 15 is 0 Å². The van der Waals surface area contributed by atoms with E-state index in [0.29, 0.717) is 35.7 Å². The van der Waals surface area contributed by atoms with Gasteiger partial charge < -0.3 is 9.32 Å². The van der Waals surface area contributed by atoms with E-state index in [2.05, 4.69) is 4.90 Å². The molecule has 0 aliphatic carbocycles. The van der Waals surface area contributed by atoms with Gasteiger partial charge >= 0.3 is 0 Å². The summed E-state index contributed by atoms with van der Waals surface area (Å²) in [7, 11) is 0. The summed E-state index contributed by atoms with van der Waals surface area (Å²) in [6.45, 7) is 7.20. The molecule has 0 N–H and O–H groups in total. The summed E-state index contributed by atoms with van der Waals surface area (Å²) in [6, 6.07) is 9.29. The minimum Gasteiger partial charge on any atom is -0.459 e. The Morgan fingerprint density at radius 2 is 1.96 bits per heavy atom. The standard InChI is InChI=1S/C20H26N2O3/c1-3-20(24)22(4-2)15-9-11-21(12-10-15)14-16-13-18(23)17-7-5-6-8-19(17)25-16/h5-8,13,15H,3-4,9-12,14H2,1-2H3. The van der Waals surface area contributed by atoms with Crippen molar-refractivity contribution < 1.29 is 9.21 Å². The zero-order chi connectivity index (χ0) is 17.8. The molecule has 5 heteroatoms. The number of hydrogen-bond acceptors (Lipinski definition) is 4. The van der Waals surface area contributed by atoms with Gasteiger partial charge in [0.2, 0.25) is 5.91 Å². The maximum atomic E-state index is 12.2. The van der Waals surface area contributed by atoms with Gasteiger partial charge in [-0.1, -0.05) is 19.1 Å². The van der Waals surface area contributed by atoms with Gasteiger partial charge in [-0.05, 0) is 31.9 Å². The molecule has 0 radical (unpaired) electrons. The van der Waals surface area contributed by atoms with Crippen LogP contribution in [0, 0.1) is 0 Å². The second-order valence-corrected chi connectivity index (χ2v) is 6.61. The molecule has 2 heterocycles. The molecular weight excluding hydrogens is 316 g/mol. The van der Waals surface area contributed by atoms with Gasteiger partial charge in [-0.2, -0.15) is 0 Å². The molecule has 1 fully saturated rings. The van der Waals surface area contributed by atoms with Crippen LogP contribution in [0.2, 0.25) is 0 Å². The Hall–Kier alpha value is -2.14. The van der Waals surface area contributed by atoms with Crippen LogP contribution >= 0.6 is 0 Å². The average Bonchev–Trinajstić information content (AvgIpc) is 2.63. The molecule has 1 aliphatic rings. The second-order valence-electron chi connectivity index (χ2n) is 6.61. The van der Waals surface area contributed by atoms with Crippen LogP contribution < -0.4 is 5.43 Å². The molecule has 134 valence electrons. The number of amides is 1. The van der Waals surface area contributed by atoms with Crippen LogP contribution in [0.1, 0.15) is 38.9 Å². The molecule has 1 aromatic carbocycles. The van der Waals surface area contributed by atoms with E-state index in [1.165, 1.54) is 0 Å². The Bertz CT molecular complexity index is 791. The van der Waals surface area contributed by atoms with E-state index in [1.807, 2.05) is 36.9 Å². The second kappa shape index (κ2) is 7.83. The summed E-state index contributed by atoms with van der Waals surface area (Å²) in [5.74, 6) is 0.945. The lowest BCUT2D eigenvalue weighted by molar-refractivity contribution is -0.134. The van der Waals surface area contributed by atoms with Crippen molar-refractivity contribution in [1.82, 2.24) is 9.80 Å². The SMILES string of the molecule is CCC(=O)N(CC)C1CCN(Cc2cc(=O)c3ccccc3o2)CC1. The number of para-hydroxylation sites is 1. The molecule has 1 aromatic heterocycles. The fourth-order valence-electron chi connectivity index (χ4n) is 3.68. The molecule has 1 saturated heterocycles. The summed E-state index contributed by atoms with van der Waals surface area (Å²) in [6.07, 6.45) is 2.51. The van der Waals surface area contributed by atoms with Crippen LogP contribution in [0.25, 0.3) is 11.0 Å². The van der Waals surface area contributed by atoms with Crippen molar-refractivity contribution in [3.8, 4) is 0 Å². The average molecular weight is 342 g/mol. The normalized spacial score (nSPS) is 16.2. The molecule has 1 amide bonds. The minimum absolute atomic E-state index is 0.0115. The van der Waals surface area contributed by atoms with Crippen LogP contribution in [0.4, 0.5) is 0 Å². The lowest BCUT2D eigenvalue weighted by Gasteiger charge is -2.38. The third kappa shape index (κ3) is 3.93. The third-order valence-corrected chi connectivity index (χ3v) is 5.03. The summed E-state index contributed by atoms with van der Waals surface area (Å²) in [5.41, 5.74) is 0.656. The number of likely N-dealkylation sites (tertiary alicyclic amines) is 1. The number of carbonyl (C=O) groups excluding carboxylic acids is 1. The Kier molecular flexibility index (Phi) is 5.53. The molecule has 2 aromatic rings. The lowest BCUT2D eigenvalue weighted by atomic mass is 10.0. The topological polar surface area (TPSA) is 53.8 Å². The van der Waals surface area contributed by atoms with E-state index in [-0.39, 0.29) is 11.3 Å². The number of hydrogen-bond donors (Lipinski definition) is 0. The van der Waals surface area contributed by atoms with Crippen LogP contribution in [-0.4, -0.2) is 41.4 Å². The summed E-state index contributed by atoms with van der Waals surface area (Å²) in [4.78, 5) is 28.6. The summed E-state index contributed by atoms with van der Waals surface area (Å²) < 4.78 is 5.89. The van der Waals surface area contributed by atoms with Gasteiger partial charge in [0.25, 0.3) is 0 Å². The maximum absolute atomic E-state index is 12.2. The molecule has 0 atom stereocenters. The molecular formula is C20H26N2O3. The van der Waals surface area contributed by atoms with Crippen molar-refractivity contribution in [2.24, 2.45) is 0 Å². The van der Waals surface area contributed by atoms with Crippen LogP contribution in [-0.2, 0) is 11.3 Å². The maximum Gasteiger partial charge on any atom is 0.222 e. The molecule has 5 nitrogen and oxygen atoms in total. The zero-order valence-electron chi connectivity index (χ0n) is 15.0. The zero-order valence-corrected chi connectivity index (χ0v) is 15.0. The van der Waals surface area contributed by atoms with Gasteiger partial charge in [0, 0.05) is 38.2 Å². The highest BCUT2D eigenvalue weighted by Gasteiger charge is 2.26. The van der Waals surface area contributed by atoms with Crippen molar-refractivity contribution >= 4 is 16.9 Å². The quantitative estimate of drug-likeness (QED) is 0.838. The van der Waals surface area contributed by atoms with Gasteiger partial charge in [-0.25, -0.2) is 0 Å². The highest BCUT2D eigenvalue weighted by molar-refractivity contribution is 5.76. The summed E-state index contributed by atoms with van der Waals surface area (Å²) >= 11 is 0. The monoisotopic (exact) mass is 342 g/mol. The Balaban J connectivity index is 1.64. The van der Waals surface area contributed by atoms with E-state index in [9.17, 15) is 9.59 Å². The van der Waals surface area contributed by atoms with E-state index in [4.69, 9.17) is 4.42 Å². The first-order valence-electron chi connectivity index (χ1n) is 9.16. The molecule has 0 saturated carbocycles. The van der Waals surface area contributed by atoms with Gasteiger partial charge in [0.05, 0.1) is 11.9 Å². The predicted molar refractivity (Wildman–Crippen MR) is 98.5 cm³/mol. The van der Waals surface area contributed by atoms with E-state index in [1.54, 1.807) is 12.1 Å². The summed E-state index contributed by atoms with van der Waals surface area (Å²) in [5, 5.41) is 0.627. The number of benzene rings is 1. The fourth-order valence-corrected chi connectivity index (χ4v) is 3.68. The number of fused-ring (bicyclic) bond motifs is 1. The van der Waals surface area contributed by atoms with Gasteiger partial charge in [0.15, 0.2) is 5.43 Å². The highest BCUT2D eigenvalue weighted by Crippen LogP contribution is 2.20. The molecule has 0 spiro atoms. The first-order valence-corrected chi connectivity index (χ1v) is 9.16. The third-order valence-electron chi connectivity index (χ3n) is 5.03.